The SMILES string of the molecule is Cc1nc2cc(-c3ccccc3)nn2c(C)c1Cl. The van der Waals surface area contributed by atoms with E-state index in [0.29, 0.717) is 5.02 Å². The van der Waals surface area contributed by atoms with Crippen LogP contribution in [0, 0.1) is 13.8 Å². The molecule has 2 aromatic heterocycles. The van der Waals surface area contributed by atoms with Gasteiger partial charge in [-0.2, -0.15) is 5.10 Å². The molecule has 0 spiro atoms. The number of hydrogen-bond acceptors (Lipinski definition) is 2. The predicted molar refractivity (Wildman–Crippen MR) is 72.9 cm³/mol. The molecule has 3 rings (SSSR count). The fourth-order valence-electron chi connectivity index (χ4n) is 2.02. The van der Waals surface area contributed by atoms with E-state index in [0.717, 1.165) is 28.3 Å². The smallest absolute Gasteiger partial charge is 0.156 e. The summed E-state index contributed by atoms with van der Waals surface area (Å²) in [5, 5.41) is 5.23. The molecule has 3 aromatic rings. The fourth-order valence-corrected chi connectivity index (χ4v) is 2.15. The maximum absolute atomic E-state index is 6.19. The molecule has 90 valence electrons. The summed E-state index contributed by atoms with van der Waals surface area (Å²) >= 11 is 6.19. The van der Waals surface area contributed by atoms with Crippen molar-refractivity contribution >= 4 is 17.2 Å². The lowest BCUT2D eigenvalue weighted by atomic mass is 10.2. The van der Waals surface area contributed by atoms with Crippen molar-refractivity contribution in [2.24, 2.45) is 0 Å². The van der Waals surface area contributed by atoms with Gasteiger partial charge >= 0.3 is 0 Å². The fraction of sp³-hybridized carbons (Fsp3) is 0.143. The van der Waals surface area contributed by atoms with Gasteiger partial charge in [0.1, 0.15) is 0 Å². The van der Waals surface area contributed by atoms with E-state index in [-0.39, 0.29) is 0 Å². The van der Waals surface area contributed by atoms with Gasteiger partial charge in [-0.05, 0) is 13.8 Å². The molecule has 0 amide bonds. The van der Waals surface area contributed by atoms with Crippen LogP contribution in [0.1, 0.15) is 11.4 Å². The number of benzene rings is 1. The van der Waals surface area contributed by atoms with Gasteiger partial charge in [-0.1, -0.05) is 41.9 Å². The normalized spacial score (nSPS) is 11.1. The van der Waals surface area contributed by atoms with Gasteiger partial charge in [0.05, 0.1) is 22.1 Å². The van der Waals surface area contributed by atoms with Crippen molar-refractivity contribution in [2.45, 2.75) is 13.8 Å². The molecular weight excluding hydrogens is 246 g/mol. The van der Waals surface area contributed by atoms with E-state index in [1.54, 1.807) is 4.52 Å². The van der Waals surface area contributed by atoms with Gasteiger partial charge in [0.2, 0.25) is 0 Å². The summed E-state index contributed by atoms with van der Waals surface area (Å²) in [6, 6.07) is 12.0. The van der Waals surface area contributed by atoms with E-state index in [1.807, 2.05) is 50.2 Å². The van der Waals surface area contributed by atoms with Crippen LogP contribution in [-0.2, 0) is 0 Å². The van der Waals surface area contributed by atoms with E-state index < -0.39 is 0 Å². The summed E-state index contributed by atoms with van der Waals surface area (Å²) in [6.07, 6.45) is 0. The number of aryl methyl sites for hydroxylation is 2. The Balaban J connectivity index is 2.27. The van der Waals surface area contributed by atoms with Crippen molar-refractivity contribution in [1.29, 1.82) is 0 Å². The lowest BCUT2D eigenvalue weighted by Crippen LogP contribution is -1.99. The van der Waals surface area contributed by atoms with Gasteiger partial charge in [0.15, 0.2) is 5.65 Å². The van der Waals surface area contributed by atoms with Crippen LogP contribution in [0.25, 0.3) is 16.9 Å². The Hall–Kier alpha value is -1.87. The monoisotopic (exact) mass is 257 g/mol. The molecule has 0 unspecified atom stereocenters. The number of halogens is 1. The number of aromatic nitrogens is 3. The highest BCUT2D eigenvalue weighted by Gasteiger charge is 2.11. The molecule has 3 nitrogen and oxygen atoms in total. The third-order valence-electron chi connectivity index (χ3n) is 3.00. The first-order chi connectivity index (χ1) is 8.66. The lowest BCUT2D eigenvalue weighted by molar-refractivity contribution is 0.889. The molecule has 0 aliphatic carbocycles. The summed E-state index contributed by atoms with van der Waals surface area (Å²) in [7, 11) is 0. The summed E-state index contributed by atoms with van der Waals surface area (Å²) < 4.78 is 1.79. The summed E-state index contributed by atoms with van der Waals surface area (Å²) in [4.78, 5) is 4.45. The maximum atomic E-state index is 6.19. The van der Waals surface area contributed by atoms with Crippen molar-refractivity contribution in [3.63, 3.8) is 0 Å². The van der Waals surface area contributed by atoms with Crippen molar-refractivity contribution in [2.75, 3.05) is 0 Å². The van der Waals surface area contributed by atoms with Gasteiger partial charge < -0.3 is 0 Å². The molecule has 0 fully saturated rings. The van der Waals surface area contributed by atoms with Crippen LogP contribution in [0.15, 0.2) is 36.4 Å². The van der Waals surface area contributed by atoms with Crippen LogP contribution < -0.4 is 0 Å². The first-order valence-electron chi connectivity index (χ1n) is 5.75. The zero-order valence-corrected chi connectivity index (χ0v) is 10.9. The molecule has 4 heteroatoms. The minimum absolute atomic E-state index is 0.671. The molecule has 0 saturated heterocycles. The molecule has 0 N–H and O–H groups in total. The molecular formula is C14H12ClN3. The van der Waals surface area contributed by atoms with Gasteiger partial charge in [0, 0.05) is 11.6 Å². The third-order valence-corrected chi connectivity index (χ3v) is 3.54. The number of hydrogen-bond donors (Lipinski definition) is 0. The second-order valence-electron chi connectivity index (χ2n) is 4.26. The highest BCUT2D eigenvalue weighted by Crippen LogP contribution is 2.23. The minimum atomic E-state index is 0.671. The Morgan fingerprint density at radius 1 is 1.11 bits per heavy atom. The number of nitrogens with zero attached hydrogens (tertiary/aromatic N) is 3. The van der Waals surface area contributed by atoms with E-state index in [2.05, 4.69) is 10.1 Å². The van der Waals surface area contributed by atoms with Crippen LogP contribution in [0.4, 0.5) is 0 Å². The summed E-state index contributed by atoms with van der Waals surface area (Å²) in [5.74, 6) is 0. The topological polar surface area (TPSA) is 30.2 Å². The van der Waals surface area contributed by atoms with E-state index in [9.17, 15) is 0 Å². The van der Waals surface area contributed by atoms with Crippen molar-refractivity contribution in [3.8, 4) is 11.3 Å². The molecule has 0 saturated carbocycles. The second-order valence-corrected chi connectivity index (χ2v) is 4.64. The molecule has 2 heterocycles. The first-order valence-corrected chi connectivity index (χ1v) is 6.12. The zero-order chi connectivity index (χ0) is 12.7. The zero-order valence-electron chi connectivity index (χ0n) is 10.2. The molecule has 0 radical (unpaired) electrons. The van der Waals surface area contributed by atoms with Gasteiger partial charge in [-0.3, -0.25) is 0 Å². The average molecular weight is 258 g/mol. The Bertz CT molecular complexity index is 717. The van der Waals surface area contributed by atoms with Crippen molar-refractivity contribution in [1.82, 2.24) is 14.6 Å². The third kappa shape index (κ3) is 1.68. The molecule has 1 aromatic carbocycles. The van der Waals surface area contributed by atoms with E-state index >= 15 is 0 Å². The second kappa shape index (κ2) is 4.10. The molecule has 0 bridgehead atoms. The first kappa shape index (κ1) is 11.2. The largest absolute Gasteiger partial charge is 0.232 e. The average Bonchev–Trinajstić information content (AvgIpc) is 2.81. The van der Waals surface area contributed by atoms with Crippen LogP contribution in [0.2, 0.25) is 5.02 Å². The Kier molecular flexibility index (Phi) is 2.56. The molecule has 0 atom stereocenters. The van der Waals surface area contributed by atoms with Gasteiger partial charge in [-0.15, -0.1) is 0 Å². The van der Waals surface area contributed by atoms with Crippen LogP contribution in [-0.4, -0.2) is 14.6 Å². The van der Waals surface area contributed by atoms with Crippen LogP contribution >= 0.6 is 11.6 Å². The maximum Gasteiger partial charge on any atom is 0.156 e. The van der Waals surface area contributed by atoms with Crippen molar-refractivity contribution < 1.29 is 0 Å². The highest BCUT2D eigenvalue weighted by molar-refractivity contribution is 6.31. The van der Waals surface area contributed by atoms with Gasteiger partial charge in [-0.25, -0.2) is 9.50 Å². The standard InChI is InChI=1S/C14H12ClN3/c1-9-14(15)10(2)18-13(16-9)8-12(17-18)11-6-4-3-5-7-11/h3-8H,1-2H3. The quantitative estimate of drug-likeness (QED) is 0.666. The van der Waals surface area contributed by atoms with E-state index in [1.165, 1.54) is 0 Å². The highest BCUT2D eigenvalue weighted by atomic mass is 35.5. The molecule has 0 aliphatic heterocycles. The summed E-state index contributed by atoms with van der Waals surface area (Å²) in [5.41, 5.74) is 4.57. The Morgan fingerprint density at radius 2 is 1.83 bits per heavy atom. The number of rotatable bonds is 1. The summed E-state index contributed by atoms with van der Waals surface area (Å²) in [6.45, 7) is 3.86. The van der Waals surface area contributed by atoms with Crippen LogP contribution in [0.3, 0.4) is 0 Å². The minimum Gasteiger partial charge on any atom is -0.232 e. The van der Waals surface area contributed by atoms with Crippen LogP contribution in [0.5, 0.6) is 0 Å². The Labute approximate surface area is 110 Å². The van der Waals surface area contributed by atoms with Crippen molar-refractivity contribution in [3.05, 3.63) is 52.8 Å². The van der Waals surface area contributed by atoms with E-state index in [4.69, 9.17) is 11.6 Å². The Morgan fingerprint density at radius 3 is 2.56 bits per heavy atom. The number of fused-ring (bicyclic) bond motifs is 1. The molecule has 0 aliphatic rings. The van der Waals surface area contributed by atoms with Gasteiger partial charge in [0.25, 0.3) is 0 Å². The predicted octanol–water partition coefficient (Wildman–Crippen LogP) is 3.67. The molecule has 18 heavy (non-hydrogen) atoms. The lowest BCUT2D eigenvalue weighted by Gasteiger charge is -2.03.